The van der Waals surface area contributed by atoms with Crippen LogP contribution in [0.15, 0.2) is 12.1 Å². The fraction of sp³-hybridized carbons (Fsp3) is 0.333. The van der Waals surface area contributed by atoms with E-state index in [4.69, 9.17) is 21.1 Å². The highest BCUT2D eigenvalue weighted by Crippen LogP contribution is 2.25. The molecule has 0 amide bonds. The van der Waals surface area contributed by atoms with Gasteiger partial charge in [0.2, 0.25) is 0 Å². The maximum Gasteiger partial charge on any atom is 0.514 e. The van der Waals surface area contributed by atoms with Crippen molar-refractivity contribution in [1.82, 2.24) is 0 Å². The molecule has 5 heteroatoms. The standard InChI is InChI=1S/C12H13ClO4/c1-7(2)16-12(15)17-9-4-8(3)10(6-14)11(13)5-9/h4-7H,1-3H3. The minimum absolute atomic E-state index is 0.243. The first-order valence-corrected chi connectivity index (χ1v) is 5.45. The summed E-state index contributed by atoms with van der Waals surface area (Å²) < 4.78 is 9.74. The van der Waals surface area contributed by atoms with Gasteiger partial charge in [-0.15, -0.1) is 0 Å². The van der Waals surface area contributed by atoms with Crippen molar-refractivity contribution in [2.75, 3.05) is 0 Å². The quantitative estimate of drug-likeness (QED) is 0.473. The van der Waals surface area contributed by atoms with Gasteiger partial charge >= 0.3 is 6.16 Å². The van der Waals surface area contributed by atoms with E-state index in [-0.39, 0.29) is 16.9 Å². The lowest BCUT2D eigenvalue weighted by Gasteiger charge is -2.10. The average Bonchev–Trinajstić information content (AvgIpc) is 2.15. The van der Waals surface area contributed by atoms with Crippen LogP contribution in [0.2, 0.25) is 5.02 Å². The van der Waals surface area contributed by atoms with Crippen molar-refractivity contribution in [3.05, 3.63) is 28.3 Å². The van der Waals surface area contributed by atoms with E-state index >= 15 is 0 Å². The van der Waals surface area contributed by atoms with Gasteiger partial charge in [0, 0.05) is 11.6 Å². The van der Waals surface area contributed by atoms with Crippen LogP contribution in [0.25, 0.3) is 0 Å². The third-order valence-electron chi connectivity index (χ3n) is 1.96. The number of ether oxygens (including phenoxy) is 2. The SMILES string of the molecule is Cc1cc(OC(=O)OC(C)C)cc(Cl)c1C=O. The van der Waals surface area contributed by atoms with E-state index in [1.54, 1.807) is 26.8 Å². The number of halogens is 1. The fourth-order valence-electron chi connectivity index (χ4n) is 1.24. The van der Waals surface area contributed by atoms with Crippen LogP contribution in [0.5, 0.6) is 5.75 Å². The molecule has 0 saturated heterocycles. The largest absolute Gasteiger partial charge is 0.514 e. The zero-order valence-electron chi connectivity index (χ0n) is 9.82. The second kappa shape index (κ2) is 5.68. The summed E-state index contributed by atoms with van der Waals surface area (Å²) >= 11 is 5.86. The second-order valence-corrected chi connectivity index (χ2v) is 4.18. The Morgan fingerprint density at radius 3 is 2.53 bits per heavy atom. The van der Waals surface area contributed by atoms with E-state index in [0.717, 1.165) is 0 Å². The van der Waals surface area contributed by atoms with Crippen molar-refractivity contribution in [3.8, 4) is 5.75 Å². The van der Waals surface area contributed by atoms with E-state index in [2.05, 4.69) is 0 Å². The summed E-state index contributed by atoms with van der Waals surface area (Å²) in [6.07, 6.45) is -0.393. The van der Waals surface area contributed by atoms with Gasteiger partial charge < -0.3 is 9.47 Å². The Kier molecular flexibility index (Phi) is 4.52. The van der Waals surface area contributed by atoms with Crippen LogP contribution in [-0.2, 0) is 4.74 Å². The third kappa shape index (κ3) is 3.75. The molecule has 0 aromatic heterocycles. The number of carbonyl (C=O) groups is 2. The predicted octanol–water partition coefficient (Wildman–Crippen LogP) is 3.38. The second-order valence-electron chi connectivity index (χ2n) is 3.77. The molecule has 92 valence electrons. The fourth-order valence-corrected chi connectivity index (χ4v) is 1.55. The Morgan fingerprint density at radius 1 is 1.41 bits per heavy atom. The molecule has 0 bridgehead atoms. The summed E-state index contributed by atoms with van der Waals surface area (Å²) in [5.41, 5.74) is 1.02. The molecule has 4 nitrogen and oxygen atoms in total. The van der Waals surface area contributed by atoms with E-state index < -0.39 is 6.16 Å². The van der Waals surface area contributed by atoms with Gasteiger partial charge in [0.15, 0.2) is 6.29 Å². The van der Waals surface area contributed by atoms with Gasteiger partial charge in [-0.05, 0) is 32.4 Å². The molecule has 0 fully saturated rings. The molecule has 0 atom stereocenters. The highest BCUT2D eigenvalue weighted by Gasteiger charge is 2.11. The van der Waals surface area contributed by atoms with Gasteiger partial charge in [0.1, 0.15) is 5.75 Å². The molecule has 0 N–H and O–H groups in total. The zero-order chi connectivity index (χ0) is 13.0. The molecule has 0 spiro atoms. The van der Waals surface area contributed by atoms with Gasteiger partial charge in [0.05, 0.1) is 11.1 Å². The maximum absolute atomic E-state index is 11.2. The smallest absolute Gasteiger partial charge is 0.431 e. The van der Waals surface area contributed by atoms with Crippen LogP contribution in [0.4, 0.5) is 4.79 Å². The number of aryl methyl sites for hydroxylation is 1. The Morgan fingerprint density at radius 2 is 2.06 bits per heavy atom. The third-order valence-corrected chi connectivity index (χ3v) is 2.27. The van der Waals surface area contributed by atoms with Crippen molar-refractivity contribution in [2.24, 2.45) is 0 Å². The van der Waals surface area contributed by atoms with Crippen LogP contribution >= 0.6 is 11.6 Å². The number of hydrogen-bond acceptors (Lipinski definition) is 4. The highest BCUT2D eigenvalue weighted by molar-refractivity contribution is 6.33. The minimum Gasteiger partial charge on any atom is -0.431 e. The molecule has 0 aliphatic carbocycles. The Balaban J connectivity index is 2.87. The first-order chi connectivity index (χ1) is 7.93. The van der Waals surface area contributed by atoms with Crippen molar-refractivity contribution in [1.29, 1.82) is 0 Å². The molecule has 1 rings (SSSR count). The summed E-state index contributed by atoms with van der Waals surface area (Å²) in [4.78, 5) is 22.0. The molecule has 17 heavy (non-hydrogen) atoms. The van der Waals surface area contributed by atoms with Crippen molar-refractivity contribution in [2.45, 2.75) is 26.9 Å². The molecule has 1 aromatic carbocycles. The van der Waals surface area contributed by atoms with E-state index in [0.29, 0.717) is 17.4 Å². The number of rotatable bonds is 3. The van der Waals surface area contributed by atoms with Gasteiger partial charge in [-0.3, -0.25) is 4.79 Å². The summed E-state index contributed by atoms with van der Waals surface area (Å²) in [5, 5.41) is 0.243. The van der Waals surface area contributed by atoms with Crippen molar-refractivity contribution >= 4 is 24.0 Å². The van der Waals surface area contributed by atoms with Crippen molar-refractivity contribution < 1.29 is 19.1 Å². The minimum atomic E-state index is -0.797. The normalized spacial score (nSPS) is 10.2. The molecule has 0 radical (unpaired) electrons. The van der Waals surface area contributed by atoms with Crippen LogP contribution in [0.3, 0.4) is 0 Å². The molecule has 0 unspecified atom stereocenters. The summed E-state index contributed by atoms with van der Waals surface area (Å²) in [7, 11) is 0. The number of carbonyl (C=O) groups excluding carboxylic acids is 2. The van der Waals surface area contributed by atoms with Gasteiger partial charge in [0.25, 0.3) is 0 Å². The Hall–Kier alpha value is -1.55. The highest BCUT2D eigenvalue weighted by atomic mass is 35.5. The first kappa shape index (κ1) is 13.5. The number of hydrogen-bond donors (Lipinski definition) is 0. The van der Waals surface area contributed by atoms with E-state index in [1.807, 2.05) is 0 Å². The van der Waals surface area contributed by atoms with Gasteiger partial charge in [-0.25, -0.2) is 4.79 Å². The molecule has 1 aromatic rings. The lowest BCUT2D eigenvalue weighted by atomic mass is 10.1. The van der Waals surface area contributed by atoms with Crippen LogP contribution < -0.4 is 4.74 Å². The lowest BCUT2D eigenvalue weighted by molar-refractivity contribution is 0.0729. The molecular formula is C12H13ClO4. The van der Waals surface area contributed by atoms with Crippen LogP contribution in [0.1, 0.15) is 29.8 Å². The Bertz CT molecular complexity index is 417. The predicted molar refractivity (Wildman–Crippen MR) is 63.8 cm³/mol. The lowest BCUT2D eigenvalue weighted by Crippen LogP contribution is -2.15. The van der Waals surface area contributed by atoms with Crippen molar-refractivity contribution in [3.63, 3.8) is 0 Å². The number of benzene rings is 1. The average molecular weight is 257 g/mol. The van der Waals surface area contributed by atoms with Crippen LogP contribution in [0, 0.1) is 6.92 Å². The summed E-state index contributed by atoms with van der Waals surface area (Å²) in [6, 6.07) is 2.96. The molecule has 0 heterocycles. The molecular weight excluding hydrogens is 244 g/mol. The topological polar surface area (TPSA) is 52.6 Å². The zero-order valence-corrected chi connectivity index (χ0v) is 10.6. The molecule has 0 aliphatic heterocycles. The summed E-state index contributed by atoms with van der Waals surface area (Å²) in [6.45, 7) is 5.14. The first-order valence-electron chi connectivity index (χ1n) is 5.07. The maximum atomic E-state index is 11.2. The monoisotopic (exact) mass is 256 g/mol. The van der Waals surface area contributed by atoms with Gasteiger partial charge in [-0.1, -0.05) is 11.6 Å². The van der Waals surface area contributed by atoms with Crippen LogP contribution in [-0.4, -0.2) is 18.5 Å². The Labute approximate surface area is 104 Å². The number of aldehydes is 1. The van der Waals surface area contributed by atoms with Gasteiger partial charge in [-0.2, -0.15) is 0 Å². The molecule has 0 aliphatic rings. The summed E-state index contributed by atoms with van der Waals surface area (Å²) in [5.74, 6) is 0.253. The van der Waals surface area contributed by atoms with E-state index in [9.17, 15) is 9.59 Å². The molecule has 0 saturated carbocycles. The van der Waals surface area contributed by atoms with E-state index in [1.165, 1.54) is 6.07 Å².